The first kappa shape index (κ1) is 16.7. The van der Waals surface area contributed by atoms with E-state index in [0.717, 1.165) is 18.9 Å². The molecule has 1 aliphatic heterocycles. The minimum absolute atomic E-state index is 0. The first-order valence-electron chi connectivity index (χ1n) is 7.36. The monoisotopic (exact) mass is 290 g/mol. The summed E-state index contributed by atoms with van der Waals surface area (Å²) in [5.74, 6) is 0.823. The number of hydrogen-bond acceptors (Lipinski definition) is 3. The zero-order valence-corrected chi connectivity index (χ0v) is 12.5. The second-order valence-corrected chi connectivity index (χ2v) is 5.82. The molecule has 3 N–H and O–H groups in total. The molecular weight excluding hydrogens is 264 g/mol. The van der Waals surface area contributed by atoms with Crippen LogP contribution in [0, 0.1) is 5.92 Å². The van der Waals surface area contributed by atoms with E-state index in [1.54, 1.807) is 0 Å². The molecule has 4 nitrogen and oxygen atoms in total. The van der Waals surface area contributed by atoms with Gasteiger partial charge in [0, 0.05) is 19.8 Å². The molecule has 0 aromatic rings. The molecule has 0 unspecified atom stereocenters. The highest BCUT2D eigenvalue weighted by Gasteiger charge is 2.35. The van der Waals surface area contributed by atoms with Crippen LogP contribution >= 0.6 is 12.4 Å². The smallest absolute Gasteiger partial charge is 0.240 e. The predicted octanol–water partition coefficient (Wildman–Crippen LogP) is 2.00. The van der Waals surface area contributed by atoms with Crippen LogP contribution < -0.4 is 11.1 Å². The van der Waals surface area contributed by atoms with Crippen LogP contribution in [0.1, 0.15) is 51.4 Å². The summed E-state index contributed by atoms with van der Waals surface area (Å²) in [7, 11) is 0. The normalized spacial score (nSPS) is 23.4. The van der Waals surface area contributed by atoms with Gasteiger partial charge in [-0.25, -0.2) is 0 Å². The van der Waals surface area contributed by atoms with Crippen molar-refractivity contribution in [3.8, 4) is 0 Å². The molecular formula is C14H27ClN2O2. The van der Waals surface area contributed by atoms with Crippen molar-refractivity contribution in [2.24, 2.45) is 11.7 Å². The maximum Gasteiger partial charge on any atom is 0.240 e. The number of carbonyl (C=O) groups excluding carboxylic acids is 1. The molecule has 0 aromatic heterocycles. The number of ether oxygens (including phenoxy) is 1. The van der Waals surface area contributed by atoms with E-state index in [1.807, 2.05) is 0 Å². The second-order valence-electron chi connectivity index (χ2n) is 5.82. The topological polar surface area (TPSA) is 64.4 Å². The van der Waals surface area contributed by atoms with Crippen molar-refractivity contribution in [1.29, 1.82) is 0 Å². The number of nitrogens with two attached hydrogens (primary N) is 1. The van der Waals surface area contributed by atoms with Crippen molar-refractivity contribution < 1.29 is 9.53 Å². The van der Waals surface area contributed by atoms with Crippen LogP contribution in [-0.4, -0.2) is 31.2 Å². The average molecular weight is 291 g/mol. The highest BCUT2D eigenvalue weighted by Crippen LogP contribution is 2.26. The lowest BCUT2D eigenvalue weighted by molar-refractivity contribution is -0.129. The summed E-state index contributed by atoms with van der Waals surface area (Å²) >= 11 is 0. The molecule has 0 radical (unpaired) electrons. The SMILES string of the molecule is Cl.NC1(C(=O)NCCC2CCCCC2)CCOCC1. The Morgan fingerprint density at radius 2 is 1.84 bits per heavy atom. The average Bonchev–Trinajstić information content (AvgIpc) is 2.41. The number of amides is 1. The van der Waals surface area contributed by atoms with Gasteiger partial charge in [-0.1, -0.05) is 32.1 Å². The maximum absolute atomic E-state index is 12.1. The lowest BCUT2D eigenvalue weighted by Crippen LogP contribution is -2.57. The summed E-state index contributed by atoms with van der Waals surface area (Å²) in [4.78, 5) is 12.1. The molecule has 19 heavy (non-hydrogen) atoms. The van der Waals surface area contributed by atoms with Crippen molar-refractivity contribution in [1.82, 2.24) is 5.32 Å². The van der Waals surface area contributed by atoms with Crippen molar-refractivity contribution in [3.05, 3.63) is 0 Å². The summed E-state index contributed by atoms with van der Waals surface area (Å²) in [5.41, 5.74) is 5.44. The number of carbonyl (C=O) groups is 1. The zero-order chi connectivity index (χ0) is 12.8. The number of halogens is 1. The van der Waals surface area contributed by atoms with Crippen LogP contribution in [0.4, 0.5) is 0 Å². The van der Waals surface area contributed by atoms with Crippen molar-refractivity contribution >= 4 is 18.3 Å². The van der Waals surface area contributed by atoms with Crippen LogP contribution in [0.3, 0.4) is 0 Å². The summed E-state index contributed by atoms with van der Waals surface area (Å²) in [6.07, 6.45) is 9.15. The molecule has 0 atom stereocenters. The Bertz CT molecular complexity index is 275. The molecule has 2 rings (SSSR count). The van der Waals surface area contributed by atoms with E-state index in [4.69, 9.17) is 10.5 Å². The van der Waals surface area contributed by atoms with Crippen molar-refractivity contribution in [3.63, 3.8) is 0 Å². The van der Waals surface area contributed by atoms with E-state index in [-0.39, 0.29) is 18.3 Å². The summed E-state index contributed by atoms with van der Waals surface area (Å²) in [5, 5.41) is 3.02. The molecule has 1 heterocycles. The zero-order valence-electron chi connectivity index (χ0n) is 11.7. The predicted molar refractivity (Wildman–Crippen MR) is 78.4 cm³/mol. The molecule has 1 aliphatic carbocycles. The summed E-state index contributed by atoms with van der Waals surface area (Å²) in [6.45, 7) is 1.99. The fraction of sp³-hybridized carbons (Fsp3) is 0.929. The van der Waals surface area contributed by atoms with Gasteiger partial charge in [0.25, 0.3) is 0 Å². The molecule has 2 aliphatic rings. The van der Waals surface area contributed by atoms with E-state index in [1.165, 1.54) is 32.1 Å². The van der Waals surface area contributed by atoms with E-state index >= 15 is 0 Å². The van der Waals surface area contributed by atoms with E-state index in [0.29, 0.717) is 26.1 Å². The Kier molecular flexibility index (Phi) is 7.11. The van der Waals surface area contributed by atoms with Gasteiger partial charge in [-0.15, -0.1) is 12.4 Å². The Balaban J connectivity index is 0.00000180. The van der Waals surface area contributed by atoms with E-state index in [9.17, 15) is 4.79 Å². The maximum atomic E-state index is 12.1. The Morgan fingerprint density at radius 1 is 1.21 bits per heavy atom. The second kappa shape index (κ2) is 8.08. The van der Waals surface area contributed by atoms with E-state index < -0.39 is 5.54 Å². The largest absolute Gasteiger partial charge is 0.381 e. The van der Waals surface area contributed by atoms with Crippen LogP contribution in [-0.2, 0) is 9.53 Å². The Labute approximate surface area is 122 Å². The third-order valence-corrected chi connectivity index (χ3v) is 4.40. The molecule has 0 spiro atoms. The molecule has 0 aromatic carbocycles. The fourth-order valence-corrected chi connectivity index (χ4v) is 3.00. The number of rotatable bonds is 4. The first-order chi connectivity index (χ1) is 8.71. The Morgan fingerprint density at radius 3 is 2.47 bits per heavy atom. The molecule has 2 fully saturated rings. The van der Waals surface area contributed by atoms with Gasteiger partial charge in [0.05, 0.1) is 5.54 Å². The third kappa shape index (κ3) is 4.93. The van der Waals surface area contributed by atoms with Gasteiger partial charge in [-0.2, -0.15) is 0 Å². The van der Waals surface area contributed by atoms with Gasteiger partial charge < -0.3 is 15.8 Å². The molecule has 112 valence electrons. The van der Waals surface area contributed by atoms with Crippen LogP contribution in [0.5, 0.6) is 0 Å². The highest BCUT2D eigenvalue weighted by atomic mass is 35.5. The van der Waals surface area contributed by atoms with Crippen molar-refractivity contribution in [2.45, 2.75) is 56.9 Å². The van der Waals surface area contributed by atoms with Crippen molar-refractivity contribution in [2.75, 3.05) is 19.8 Å². The van der Waals surface area contributed by atoms with Crippen LogP contribution in [0.25, 0.3) is 0 Å². The Hall–Kier alpha value is -0.320. The standard InChI is InChI=1S/C14H26N2O2.ClH/c15-14(7-10-18-11-8-14)13(17)16-9-6-12-4-2-1-3-5-12;/h12H,1-11,15H2,(H,16,17);1H. The number of nitrogens with one attached hydrogen (secondary N) is 1. The fourth-order valence-electron chi connectivity index (χ4n) is 3.00. The molecule has 0 bridgehead atoms. The quantitative estimate of drug-likeness (QED) is 0.832. The lowest BCUT2D eigenvalue weighted by atomic mass is 9.86. The summed E-state index contributed by atoms with van der Waals surface area (Å²) in [6, 6.07) is 0. The van der Waals surface area contributed by atoms with E-state index in [2.05, 4.69) is 5.32 Å². The molecule has 1 saturated heterocycles. The van der Waals surface area contributed by atoms with Crippen LogP contribution in [0.2, 0.25) is 0 Å². The molecule has 1 amide bonds. The third-order valence-electron chi connectivity index (χ3n) is 4.40. The highest BCUT2D eigenvalue weighted by molar-refractivity contribution is 5.86. The van der Waals surface area contributed by atoms with Gasteiger partial charge >= 0.3 is 0 Å². The molecule has 1 saturated carbocycles. The summed E-state index contributed by atoms with van der Waals surface area (Å²) < 4.78 is 5.25. The minimum atomic E-state index is -0.690. The number of hydrogen-bond donors (Lipinski definition) is 2. The minimum Gasteiger partial charge on any atom is -0.381 e. The molecule has 5 heteroatoms. The van der Waals surface area contributed by atoms with Gasteiger partial charge in [0.2, 0.25) is 5.91 Å². The van der Waals surface area contributed by atoms with Gasteiger partial charge in [0.15, 0.2) is 0 Å². The van der Waals surface area contributed by atoms with Crippen LogP contribution in [0.15, 0.2) is 0 Å². The first-order valence-corrected chi connectivity index (χ1v) is 7.36. The lowest BCUT2D eigenvalue weighted by Gasteiger charge is -2.32. The van der Waals surface area contributed by atoms with Gasteiger partial charge in [-0.3, -0.25) is 4.79 Å². The van der Waals surface area contributed by atoms with Gasteiger partial charge in [-0.05, 0) is 25.2 Å². The van der Waals surface area contributed by atoms with Gasteiger partial charge in [0.1, 0.15) is 0 Å².